The van der Waals surface area contributed by atoms with Crippen LogP contribution in [0.1, 0.15) is 24.5 Å². The first kappa shape index (κ1) is 18.3. The molecule has 3 N–H and O–H groups in total. The summed E-state index contributed by atoms with van der Waals surface area (Å²) < 4.78 is 40.0. The van der Waals surface area contributed by atoms with Gasteiger partial charge in [0.05, 0.1) is 11.1 Å². The first-order chi connectivity index (χ1) is 12.1. The zero-order chi connectivity index (χ0) is 19.1. The molecule has 0 radical (unpaired) electrons. The maximum absolute atomic E-state index is 13.3. The summed E-state index contributed by atoms with van der Waals surface area (Å²) in [4.78, 5) is 5.92. The minimum Gasteiger partial charge on any atom is -0.373 e. The second kappa shape index (κ2) is 6.32. The second-order valence-electron chi connectivity index (χ2n) is 6.66. The predicted octanol–water partition coefficient (Wildman–Crippen LogP) is 3.56. The van der Waals surface area contributed by atoms with Crippen molar-refractivity contribution in [1.82, 2.24) is 4.90 Å². The van der Waals surface area contributed by atoms with Gasteiger partial charge in [-0.15, -0.1) is 0 Å². The number of hydrogen-bond donors (Lipinski definition) is 2. The molecule has 138 valence electrons. The predicted molar refractivity (Wildman–Crippen MR) is 94.2 cm³/mol. The van der Waals surface area contributed by atoms with Crippen molar-refractivity contribution in [2.45, 2.75) is 31.3 Å². The summed E-state index contributed by atoms with van der Waals surface area (Å²) in [5.41, 5.74) is 5.62. The van der Waals surface area contributed by atoms with Crippen LogP contribution in [0.4, 0.5) is 13.2 Å². The van der Waals surface area contributed by atoms with E-state index in [-0.39, 0.29) is 17.9 Å². The SMILES string of the molecule is CN1C(N)=NC(C)(c2cccc(-c3ccccc3C(F)(F)F)c2)CC1O. The first-order valence-electron chi connectivity index (χ1n) is 8.15. The van der Waals surface area contributed by atoms with Gasteiger partial charge in [0.1, 0.15) is 6.23 Å². The van der Waals surface area contributed by atoms with Crippen LogP contribution < -0.4 is 5.73 Å². The van der Waals surface area contributed by atoms with Gasteiger partial charge in [0, 0.05) is 13.5 Å². The number of benzene rings is 2. The molecule has 4 nitrogen and oxygen atoms in total. The highest BCUT2D eigenvalue weighted by atomic mass is 19.4. The number of rotatable bonds is 2. The molecule has 2 unspecified atom stereocenters. The lowest BCUT2D eigenvalue weighted by atomic mass is 9.85. The van der Waals surface area contributed by atoms with Crippen LogP contribution in [0.25, 0.3) is 11.1 Å². The van der Waals surface area contributed by atoms with Crippen molar-refractivity contribution in [3.63, 3.8) is 0 Å². The fraction of sp³-hybridized carbons (Fsp3) is 0.316. The molecule has 3 rings (SSSR count). The summed E-state index contributed by atoms with van der Waals surface area (Å²) >= 11 is 0. The zero-order valence-electron chi connectivity index (χ0n) is 14.5. The lowest BCUT2D eigenvalue weighted by Crippen LogP contribution is -2.50. The van der Waals surface area contributed by atoms with Crippen LogP contribution in [-0.2, 0) is 11.7 Å². The number of nitrogens with zero attached hydrogens (tertiary/aromatic N) is 2. The Morgan fingerprint density at radius 1 is 1.19 bits per heavy atom. The summed E-state index contributed by atoms with van der Waals surface area (Å²) in [6, 6.07) is 12.3. The zero-order valence-corrected chi connectivity index (χ0v) is 14.5. The summed E-state index contributed by atoms with van der Waals surface area (Å²) in [5, 5.41) is 10.2. The van der Waals surface area contributed by atoms with Gasteiger partial charge in [-0.05, 0) is 35.7 Å². The molecule has 0 amide bonds. The van der Waals surface area contributed by atoms with Crippen LogP contribution in [0.3, 0.4) is 0 Å². The van der Waals surface area contributed by atoms with Gasteiger partial charge in [-0.1, -0.05) is 36.4 Å². The number of alkyl halides is 3. The Bertz CT molecular complexity index is 850. The van der Waals surface area contributed by atoms with E-state index in [0.29, 0.717) is 11.1 Å². The molecule has 0 aromatic heterocycles. The molecule has 2 atom stereocenters. The Balaban J connectivity index is 2.09. The number of aliphatic imine (C=N–C) groups is 1. The number of hydrogen-bond acceptors (Lipinski definition) is 4. The molecule has 1 heterocycles. The molecule has 7 heteroatoms. The van der Waals surface area contributed by atoms with Crippen LogP contribution in [-0.4, -0.2) is 29.2 Å². The van der Waals surface area contributed by atoms with E-state index in [0.717, 1.165) is 6.07 Å². The Labute approximate surface area is 149 Å². The van der Waals surface area contributed by atoms with Gasteiger partial charge in [-0.2, -0.15) is 13.2 Å². The van der Waals surface area contributed by atoms with Crippen LogP contribution >= 0.6 is 0 Å². The molecule has 0 saturated heterocycles. The molecule has 0 fully saturated rings. The highest BCUT2D eigenvalue weighted by Gasteiger charge is 2.37. The van der Waals surface area contributed by atoms with Crippen molar-refractivity contribution in [3.8, 4) is 11.1 Å². The minimum atomic E-state index is -4.44. The molecular weight excluding hydrogens is 343 g/mol. The number of aliphatic hydroxyl groups excluding tert-OH is 1. The van der Waals surface area contributed by atoms with Crippen molar-refractivity contribution >= 4 is 5.96 Å². The van der Waals surface area contributed by atoms with Gasteiger partial charge in [0.2, 0.25) is 0 Å². The Morgan fingerprint density at radius 3 is 2.54 bits per heavy atom. The van der Waals surface area contributed by atoms with Gasteiger partial charge < -0.3 is 15.7 Å². The third-order valence-electron chi connectivity index (χ3n) is 4.78. The maximum atomic E-state index is 13.3. The van der Waals surface area contributed by atoms with E-state index in [9.17, 15) is 18.3 Å². The smallest absolute Gasteiger partial charge is 0.373 e. The van der Waals surface area contributed by atoms with Crippen LogP contribution in [0.2, 0.25) is 0 Å². The number of guanidine groups is 1. The third kappa shape index (κ3) is 3.26. The number of aliphatic hydroxyl groups is 1. The number of nitrogens with two attached hydrogens (primary N) is 1. The third-order valence-corrected chi connectivity index (χ3v) is 4.78. The molecular formula is C19H20F3N3O. The van der Waals surface area contributed by atoms with Crippen molar-refractivity contribution in [2.75, 3.05) is 7.05 Å². The van der Waals surface area contributed by atoms with E-state index in [1.54, 1.807) is 37.4 Å². The second-order valence-corrected chi connectivity index (χ2v) is 6.66. The van der Waals surface area contributed by atoms with E-state index in [1.807, 2.05) is 6.92 Å². The quantitative estimate of drug-likeness (QED) is 0.858. The first-order valence-corrected chi connectivity index (χ1v) is 8.15. The molecule has 0 bridgehead atoms. The average Bonchev–Trinajstić information content (AvgIpc) is 2.59. The van der Waals surface area contributed by atoms with Gasteiger partial charge in [-0.3, -0.25) is 0 Å². The molecule has 2 aromatic rings. The van der Waals surface area contributed by atoms with Crippen molar-refractivity contribution in [1.29, 1.82) is 0 Å². The summed E-state index contributed by atoms with van der Waals surface area (Å²) in [7, 11) is 1.64. The summed E-state index contributed by atoms with van der Waals surface area (Å²) in [6.07, 6.45) is -4.97. The Hall–Kier alpha value is -2.54. The molecule has 26 heavy (non-hydrogen) atoms. The van der Waals surface area contributed by atoms with Crippen LogP contribution in [0.5, 0.6) is 0 Å². The van der Waals surface area contributed by atoms with Gasteiger partial charge >= 0.3 is 6.18 Å². The fourth-order valence-corrected chi connectivity index (χ4v) is 3.21. The fourth-order valence-electron chi connectivity index (χ4n) is 3.21. The van der Waals surface area contributed by atoms with Gasteiger partial charge in [0.15, 0.2) is 5.96 Å². The van der Waals surface area contributed by atoms with Crippen molar-refractivity contribution in [3.05, 3.63) is 59.7 Å². The van der Waals surface area contributed by atoms with E-state index in [4.69, 9.17) is 5.73 Å². The standard InChI is InChI=1S/C19H20F3N3O/c1-18(11-16(26)25(2)17(23)24-18)13-7-5-6-12(10-13)14-8-3-4-9-15(14)19(20,21)22/h3-10,16,26H,11H2,1-2H3,(H2,23,24). The monoisotopic (exact) mass is 363 g/mol. The van der Waals surface area contributed by atoms with Crippen molar-refractivity contribution in [2.24, 2.45) is 10.7 Å². The topological polar surface area (TPSA) is 61.8 Å². The summed E-state index contributed by atoms with van der Waals surface area (Å²) in [6.45, 7) is 1.81. The molecule has 0 saturated carbocycles. The van der Waals surface area contributed by atoms with Crippen molar-refractivity contribution < 1.29 is 18.3 Å². The lowest BCUT2D eigenvalue weighted by Gasteiger charge is -2.38. The lowest BCUT2D eigenvalue weighted by molar-refractivity contribution is -0.137. The van der Waals surface area contributed by atoms with E-state index >= 15 is 0 Å². The molecule has 1 aliphatic rings. The van der Waals surface area contributed by atoms with E-state index in [2.05, 4.69) is 4.99 Å². The van der Waals surface area contributed by atoms with Crippen LogP contribution in [0, 0.1) is 0 Å². The Morgan fingerprint density at radius 2 is 1.88 bits per heavy atom. The Kier molecular flexibility index (Phi) is 4.44. The molecule has 1 aliphatic heterocycles. The van der Waals surface area contributed by atoms with Gasteiger partial charge in [0.25, 0.3) is 0 Å². The average molecular weight is 363 g/mol. The molecule has 0 spiro atoms. The largest absolute Gasteiger partial charge is 0.417 e. The van der Waals surface area contributed by atoms with E-state index < -0.39 is 23.5 Å². The van der Waals surface area contributed by atoms with Crippen LogP contribution in [0.15, 0.2) is 53.5 Å². The highest BCUT2D eigenvalue weighted by Crippen LogP contribution is 2.40. The minimum absolute atomic E-state index is 0.107. The maximum Gasteiger partial charge on any atom is 0.417 e. The van der Waals surface area contributed by atoms with E-state index in [1.165, 1.54) is 17.0 Å². The normalized spacial score (nSPS) is 23.7. The molecule has 2 aromatic carbocycles. The number of halogens is 3. The van der Waals surface area contributed by atoms with Gasteiger partial charge in [-0.25, -0.2) is 4.99 Å². The highest BCUT2D eigenvalue weighted by molar-refractivity contribution is 5.79. The summed E-state index contributed by atoms with van der Waals surface area (Å²) in [5.74, 6) is 0.187. The molecule has 0 aliphatic carbocycles.